The van der Waals surface area contributed by atoms with Crippen molar-refractivity contribution in [2.75, 3.05) is 20.2 Å². The zero-order valence-electron chi connectivity index (χ0n) is 16.2. The number of carbonyl (C=O) groups is 1. The number of methoxy groups -OCH3 is 1. The van der Waals surface area contributed by atoms with Gasteiger partial charge in [-0.05, 0) is 62.6 Å². The van der Waals surface area contributed by atoms with Crippen LogP contribution in [-0.2, 0) is 6.54 Å². The predicted molar refractivity (Wildman–Crippen MR) is 105 cm³/mol. The summed E-state index contributed by atoms with van der Waals surface area (Å²) >= 11 is 0. The Labute approximate surface area is 159 Å². The molecule has 1 atom stereocenters. The van der Waals surface area contributed by atoms with Gasteiger partial charge in [-0.1, -0.05) is 12.1 Å². The van der Waals surface area contributed by atoms with Gasteiger partial charge in [0.2, 0.25) is 0 Å². The van der Waals surface area contributed by atoms with Crippen LogP contribution >= 0.6 is 0 Å². The highest BCUT2D eigenvalue weighted by Gasteiger charge is 2.24. The number of aromatic amines is 1. The van der Waals surface area contributed by atoms with Gasteiger partial charge in [0.05, 0.1) is 7.11 Å². The van der Waals surface area contributed by atoms with Crippen LogP contribution in [0.1, 0.15) is 40.0 Å². The van der Waals surface area contributed by atoms with E-state index in [2.05, 4.69) is 21.3 Å². The molecular weight excluding hydrogens is 342 g/mol. The van der Waals surface area contributed by atoms with E-state index < -0.39 is 0 Å². The fraction of sp³-hybridized carbons (Fsp3) is 0.429. The van der Waals surface area contributed by atoms with Crippen LogP contribution in [0.25, 0.3) is 0 Å². The number of amides is 1. The van der Waals surface area contributed by atoms with Crippen molar-refractivity contribution in [1.29, 1.82) is 0 Å². The third kappa shape index (κ3) is 4.77. The Balaban J connectivity index is 1.64. The minimum atomic E-state index is -0.325. The third-order valence-corrected chi connectivity index (χ3v) is 4.97. The van der Waals surface area contributed by atoms with E-state index >= 15 is 0 Å². The zero-order chi connectivity index (χ0) is 19.4. The number of hydrogen-bond acceptors (Lipinski definition) is 4. The Kier molecular flexibility index (Phi) is 5.96. The van der Waals surface area contributed by atoms with Gasteiger partial charge in [0.25, 0.3) is 11.5 Å². The molecule has 1 saturated heterocycles. The molecule has 2 heterocycles. The fourth-order valence-corrected chi connectivity index (χ4v) is 3.74. The number of nitrogens with zero attached hydrogens (tertiary/aromatic N) is 1. The number of carbonyl (C=O) groups excluding carboxylic acids is 1. The van der Waals surface area contributed by atoms with E-state index in [1.807, 2.05) is 31.2 Å². The molecule has 1 fully saturated rings. The summed E-state index contributed by atoms with van der Waals surface area (Å²) in [7, 11) is 1.67. The highest BCUT2D eigenvalue weighted by atomic mass is 16.5. The molecule has 27 heavy (non-hydrogen) atoms. The van der Waals surface area contributed by atoms with Crippen molar-refractivity contribution in [1.82, 2.24) is 15.2 Å². The molecule has 144 valence electrons. The van der Waals surface area contributed by atoms with Gasteiger partial charge in [-0.3, -0.25) is 14.5 Å². The van der Waals surface area contributed by atoms with E-state index in [1.165, 1.54) is 5.56 Å². The third-order valence-electron chi connectivity index (χ3n) is 4.97. The van der Waals surface area contributed by atoms with Gasteiger partial charge in [0.1, 0.15) is 11.3 Å². The number of aryl methyl sites for hydroxylation is 2. The van der Waals surface area contributed by atoms with Gasteiger partial charge in [-0.15, -0.1) is 0 Å². The van der Waals surface area contributed by atoms with Crippen molar-refractivity contribution in [2.24, 2.45) is 0 Å². The van der Waals surface area contributed by atoms with Gasteiger partial charge in [-0.25, -0.2) is 0 Å². The van der Waals surface area contributed by atoms with Crippen molar-refractivity contribution in [2.45, 2.75) is 39.3 Å². The average Bonchev–Trinajstić information content (AvgIpc) is 2.61. The fourth-order valence-electron chi connectivity index (χ4n) is 3.74. The Morgan fingerprint density at radius 1 is 1.33 bits per heavy atom. The molecule has 3 rings (SSSR count). The predicted octanol–water partition coefficient (Wildman–Crippen LogP) is 2.39. The first-order valence-corrected chi connectivity index (χ1v) is 9.33. The Bertz CT molecular complexity index is 875. The maximum atomic E-state index is 12.6. The summed E-state index contributed by atoms with van der Waals surface area (Å²) in [5.41, 5.74) is 2.54. The number of ether oxygens (including phenoxy) is 1. The number of likely N-dealkylation sites (tertiary alicyclic amines) is 1. The molecule has 2 N–H and O–H groups in total. The van der Waals surface area contributed by atoms with Crippen LogP contribution in [0.5, 0.6) is 5.75 Å². The van der Waals surface area contributed by atoms with Crippen LogP contribution in [0.2, 0.25) is 0 Å². The lowest BCUT2D eigenvalue weighted by Gasteiger charge is -2.33. The summed E-state index contributed by atoms with van der Waals surface area (Å²) in [5.74, 6) is 0.561. The number of nitrogens with one attached hydrogen (secondary N) is 2. The van der Waals surface area contributed by atoms with Crippen LogP contribution in [0.15, 0.2) is 35.1 Å². The molecule has 0 aliphatic carbocycles. The van der Waals surface area contributed by atoms with Crippen molar-refractivity contribution in [3.05, 3.63) is 63.1 Å². The van der Waals surface area contributed by atoms with Crippen LogP contribution in [0.4, 0.5) is 0 Å². The second-order valence-electron chi connectivity index (χ2n) is 7.24. The van der Waals surface area contributed by atoms with Gasteiger partial charge >= 0.3 is 0 Å². The summed E-state index contributed by atoms with van der Waals surface area (Å²) in [6.45, 7) is 6.19. The van der Waals surface area contributed by atoms with Crippen LogP contribution in [0, 0.1) is 13.8 Å². The summed E-state index contributed by atoms with van der Waals surface area (Å²) in [6.07, 6.45) is 1.93. The molecule has 0 radical (unpaired) electrons. The van der Waals surface area contributed by atoms with Gasteiger partial charge in [-0.2, -0.15) is 0 Å². The smallest absolute Gasteiger partial charge is 0.261 e. The summed E-state index contributed by atoms with van der Waals surface area (Å²) in [5, 5.41) is 3.05. The zero-order valence-corrected chi connectivity index (χ0v) is 16.2. The second kappa shape index (κ2) is 8.39. The van der Waals surface area contributed by atoms with Gasteiger partial charge in [0, 0.05) is 24.8 Å². The molecule has 1 amide bonds. The van der Waals surface area contributed by atoms with E-state index in [4.69, 9.17) is 4.74 Å². The minimum absolute atomic E-state index is 0.0389. The van der Waals surface area contributed by atoms with Gasteiger partial charge in [0.15, 0.2) is 0 Å². The highest BCUT2D eigenvalue weighted by Crippen LogP contribution is 2.18. The van der Waals surface area contributed by atoms with E-state index in [0.717, 1.165) is 43.9 Å². The normalized spacial score (nSPS) is 17.5. The molecule has 1 aromatic carbocycles. The van der Waals surface area contributed by atoms with E-state index in [1.54, 1.807) is 14.0 Å². The number of aromatic nitrogens is 1. The summed E-state index contributed by atoms with van der Waals surface area (Å²) in [4.78, 5) is 29.9. The van der Waals surface area contributed by atoms with Crippen LogP contribution < -0.4 is 15.6 Å². The number of benzene rings is 1. The first kappa shape index (κ1) is 19.2. The molecule has 0 bridgehead atoms. The number of hydrogen-bond donors (Lipinski definition) is 2. The number of pyridine rings is 1. The van der Waals surface area contributed by atoms with E-state index in [9.17, 15) is 9.59 Å². The van der Waals surface area contributed by atoms with Crippen molar-refractivity contribution < 1.29 is 9.53 Å². The highest BCUT2D eigenvalue weighted by molar-refractivity contribution is 5.95. The first-order valence-electron chi connectivity index (χ1n) is 9.33. The first-order chi connectivity index (χ1) is 13.0. The van der Waals surface area contributed by atoms with E-state index in [0.29, 0.717) is 5.56 Å². The lowest BCUT2D eigenvalue weighted by atomic mass is 10.0. The quantitative estimate of drug-likeness (QED) is 0.849. The molecule has 0 spiro atoms. The monoisotopic (exact) mass is 369 g/mol. The average molecular weight is 369 g/mol. The summed E-state index contributed by atoms with van der Waals surface area (Å²) < 4.78 is 5.29. The minimum Gasteiger partial charge on any atom is -0.497 e. The second-order valence-corrected chi connectivity index (χ2v) is 7.24. The van der Waals surface area contributed by atoms with Crippen molar-refractivity contribution in [3.8, 4) is 5.75 Å². The van der Waals surface area contributed by atoms with Crippen molar-refractivity contribution >= 4 is 5.91 Å². The van der Waals surface area contributed by atoms with E-state index in [-0.39, 0.29) is 23.1 Å². The number of rotatable bonds is 5. The molecule has 1 aliphatic heterocycles. The molecule has 6 nitrogen and oxygen atoms in total. The van der Waals surface area contributed by atoms with Crippen molar-refractivity contribution in [3.63, 3.8) is 0 Å². The molecule has 1 aliphatic rings. The van der Waals surface area contributed by atoms with Crippen LogP contribution in [0.3, 0.4) is 0 Å². The SMILES string of the molecule is COc1cccc(CN2CCCC(NC(=O)c3c(C)cc(C)[nH]c3=O)C2)c1. The molecule has 0 saturated carbocycles. The molecule has 1 aromatic heterocycles. The largest absolute Gasteiger partial charge is 0.497 e. The Morgan fingerprint density at radius 2 is 2.15 bits per heavy atom. The molecule has 2 aromatic rings. The topological polar surface area (TPSA) is 74.4 Å². The molecule has 6 heteroatoms. The molecular formula is C21H27N3O3. The van der Waals surface area contributed by atoms with Gasteiger partial charge < -0.3 is 15.0 Å². The Hall–Kier alpha value is -2.60. The van der Waals surface area contributed by atoms with Crippen LogP contribution in [-0.4, -0.2) is 42.0 Å². The number of H-pyrrole nitrogens is 1. The standard InChI is InChI=1S/C21H27N3O3/c1-14-10-15(2)22-20(25)19(14)21(26)23-17-7-5-9-24(13-17)12-16-6-4-8-18(11-16)27-3/h4,6,8,10-11,17H,5,7,9,12-13H2,1-3H3,(H,22,25)(H,23,26). The maximum Gasteiger partial charge on any atom is 0.261 e. The maximum absolute atomic E-state index is 12.6. The lowest BCUT2D eigenvalue weighted by molar-refractivity contribution is 0.0898. The number of piperidine rings is 1. The summed E-state index contributed by atoms with van der Waals surface area (Å²) in [6, 6.07) is 9.91. The lowest BCUT2D eigenvalue weighted by Crippen LogP contribution is -2.48. The molecule has 1 unspecified atom stereocenters. The Morgan fingerprint density at radius 3 is 2.89 bits per heavy atom.